The molecule has 1 fully saturated rings. The number of nitrogen functional groups attached to an aromatic ring is 1. The van der Waals surface area contributed by atoms with E-state index in [1.165, 1.54) is 6.42 Å². The van der Waals surface area contributed by atoms with Crippen LogP contribution in [0.5, 0.6) is 0 Å². The number of hydrogen-bond acceptors (Lipinski definition) is 6. The summed E-state index contributed by atoms with van der Waals surface area (Å²) in [5, 5.41) is 12.9. The summed E-state index contributed by atoms with van der Waals surface area (Å²) in [5.41, 5.74) is 5.91. The predicted molar refractivity (Wildman–Crippen MR) is 86.2 cm³/mol. The summed E-state index contributed by atoms with van der Waals surface area (Å²) in [7, 11) is -3.45. The number of nitrogens with two attached hydrogens (primary N) is 1. The minimum absolute atomic E-state index is 0.0782. The summed E-state index contributed by atoms with van der Waals surface area (Å²) in [5.74, 6) is 0.717. The number of nitriles is 1. The van der Waals surface area contributed by atoms with E-state index in [1.54, 1.807) is 0 Å². The summed E-state index contributed by atoms with van der Waals surface area (Å²) in [6.07, 6.45) is 6.66. The molecular weight excluding hydrogens is 306 g/mol. The first-order valence-electron chi connectivity index (χ1n) is 7.12. The van der Waals surface area contributed by atoms with Crippen LogP contribution in [-0.2, 0) is 9.84 Å². The average Bonchev–Trinajstić information content (AvgIpc) is 2.56. The fraction of sp³-hybridized carbons (Fsp3) is 0.643. The molecule has 1 heterocycles. The van der Waals surface area contributed by atoms with Gasteiger partial charge in [0.1, 0.15) is 20.8 Å². The van der Waals surface area contributed by atoms with E-state index < -0.39 is 9.84 Å². The molecule has 5 nitrogen and oxygen atoms in total. The van der Waals surface area contributed by atoms with Crippen molar-refractivity contribution in [2.24, 2.45) is 5.92 Å². The number of hydrogen-bond donors (Lipinski definition) is 2. The van der Waals surface area contributed by atoms with Crippen LogP contribution >= 0.6 is 11.3 Å². The van der Waals surface area contributed by atoms with Crippen LogP contribution in [0, 0.1) is 17.2 Å². The monoisotopic (exact) mass is 327 g/mol. The molecule has 1 aromatic rings. The molecule has 1 aromatic heterocycles. The van der Waals surface area contributed by atoms with E-state index >= 15 is 0 Å². The van der Waals surface area contributed by atoms with Crippen LogP contribution in [0.2, 0.25) is 0 Å². The SMILES string of the molecule is CC1CCCC(Nc2sc(C#N)c(N)c2S(C)(=O)=O)CC1. The number of sulfone groups is 1. The Hall–Kier alpha value is -1.26. The maximum absolute atomic E-state index is 11.9. The van der Waals surface area contributed by atoms with Gasteiger partial charge in [-0.3, -0.25) is 0 Å². The second-order valence-electron chi connectivity index (χ2n) is 5.84. The van der Waals surface area contributed by atoms with E-state index in [1.807, 2.05) is 6.07 Å². The first-order chi connectivity index (χ1) is 9.82. The van der Waals surface area contributed by atoms with Crippen LogP contribution in [0.4, 0.5) is 10.7 Å². The normalized spacial score (nSPS) is 23.3. The quantitative estimate of drug-likeness (QED) is 0.832. The van der Waals surface area contributed by atoms with E-state index in [9.17, 15) is 8.42 Å². The molecule has 21 heavy (non-hydrogen) atoms. The second-order valence-corrected chi connectivity index (χ2v) is 8.81. The highest BCUT2D eigenvalue weighted by molar-refractivity contribution is 7.91. The van der Waals surface area contributed by atoms with Crippen molar-refractivity contribution >= 4 is 31.9 Å². The van der Waals surface area contributed by atoms with E-state index in [-0.39, 0.29) is 21.5 Å². The van der Waals surface area contributed by atoms with E-state index in [2.05, 4.69) is 12.2 Å². The molecular formula is C14H21N3O2S2. The summed E-state index contributed by atoms with van der Waals surface area (Å²) in [4.78, 5) is 0.348. The Balaban J connectivity index is 2.30. The molecule has 2 rings (SSSR count). The third-order valence-corrected chi connectivity index (χ3v) is 6.30. The topological polar surface area (TPSA) is 96.0 Å². The van der Waals surface area contributed by atoms with Crippen LogP contribution < -0.4 is 11.1 Å². The van der Waals surface area contributed by atoms with Crippen molar-refractivity contribution in [2.75, 3.05) is 17.3 Å². The molecule has 0 amide bonds. The van der Waals surface area contributed by atoms with Crippen molar-refractivity contribution in [3.63, 3.8) is 0 Å². The van der Waals surface area contributed by atoms with Gasteiger partial charge in [-0.1, -0.05) is 19.8 Å². The van der Waals surface area contributed by atoms with Gasteiger partial charge in [-0.2, -0.15) is 5.26 Å². The van der Waals surface area contributed by atoms with Gasteiger partial charge < -0.3 is 11.1 Å². The lowest BCUT2D eigenvalue weighted by Gasteiger charge is -2.17. The summed E-state index contributed by atoms with van der Waals surface area (Å²) < 4.78 is 23.9. The fourth-order valence-corrected chi connectivity index (χ4v) is 5.22. The lowest BCUT2D eigenvalue weighted by atomic mass is 10.0. The lowest BCUT2D eigenvalue weighted by molar-refractivity contribution is 0.502. The Labute approximate surface area is 130 Å². The van der Waals surface area contributed by atoms with E-state index in [4.69, 9.17) is 11.0 Å². The van der Waals surface area contributed by atoms with Crippen molar-refractivity contribution in [3.8, 4) is 6.07 Å². The lowest BCUT2D eigenvalue weighted by Crippen LogP contribution is -2.19. The molecule has 1 aliphatic carbocycles. The molecule has 2 unspecified atom stereocenters. The van der Waals surface area contributed by atoms with Crippen LogP contribution in [0.25, 0.3) is 0 Å². The molecule has 0 bridgehead atoms. The average molecular weight is 327 g/mol. The van der Waals surface area contributed by atoms with Gasteiger partial charge in [0.15, 0.2) is 9.84 Å². The molecule has 2 atom stereocenters. The highest BCUT2D eigenvalue weighted by Crippen LogP contribution is 2.40. The Bertz CT molecular complexity index is 658. The zero-order chi connectivity index (χ0) is 15.6. The maximum Gasteiger partial charge on any atom is 0.180 e. The standard InChI is InChI=1S/C14H21N3O2S2/c1-9-4-3-5-10(7-6-9)17-14-13(21(2,18)19)12(16)11(8-15)20-14/h9-10,17H,3-7,16H2,1-2H3. The fourth-order valence-electron chi connectivity index (χ4n) is 2.79. The van der Waals surface area contributed by atoms with Crippen molar-refractivity contribution < 1.29 is 8.42 Å². The molecule has 1 aliphatic rings. The van der Waals surface area contributed by atoms with Gasteiger partial charge in [-0.15, -0.1) is 11.3 Å². The molecule has 0 saturated heterocycles. The van der Waals surface area contributed by atoms with Gasteiger partial charge in [0, 0.05) is 12.3 Å². The van der Waals surface area contributed by atoms with Crippen molar-refractivity contribution in [3.05, 3.63) is 4.88 Å². The number of thiophene rings is 1. The second kappa shape index (κ2) is 6.24. The third kappa shape index (κ3) is 3.69. The summed E-state index contributed by atoms with van der Waals surface area (Å²) >= 11 is 1.14. The summed E-state index contributed by atoms with van der Waals surface area (Å²) in [6, 6.07) is 2.22. The molecule has 0 spiro atoms. The van der Waals surface area contributed by atoms with Gasteiger partial charge in [0.25, 0.3) is 0 Å². The Morgan fingerprint density at radius 3 is 2.67 bits per heavy atom. The van der Waals surface area contributed by atoms with Gasteiger partial charge in [-0.05, 0) is 25.2 Å². The zero-order valence-corrected chi connectivity index (χ0v) is 14.0. The Morgan fingerprint density at radius 1 is 1.33 bits per heavy atom. The van der Waals surface area contributed by atoms with E-state index in [0.29, 0.717) is 10.9 Å². The van der Waals surface area contributed by atoms with Crippen molar-refractivity contribution in [1.82, 2.24) is 0 Å². The Kier molecular flexibility index (Phi) is 4.79. The maximum atomic E-state index is 11.9. The van der Waals surface area contributed by atoms with Crippen LogP contribution in [0.1, 0.15) is 43.9 Å². The Morgan fingerprint density at radius 2 is 2.05 bits per heavy atom. The number of nitrogens with one attached hydrogen (secondary N) is 1. The summed E-state index contributed by atoms with van der Waals surface area (Å²) in [6.45, 7) is 2.25. The van der Waals surface area contributed by atoms with E-state index in [0.717, 1.165) is 43.3 Å². The van der Waals surface area contributed by atoms with Crippen molar-refractivity contribution in [2.45, 2.75) is 50.0 Å². The van der Waals surface area contributed by atoms with Crippen LogP contribution in [-0.4, -0.2) is 20.7 Å². The third-order valence-electron chi connectivity index (χ3n) is 3.96. The van der Waals surface area contributed by atoms with Crippen LogP contribution in [0.15, 0.2) is 4.90 Å². The van der Waals surface area contributed by atoms with Crippen molar-refractivity contribution in [1.29, 1.82) is 5.26 Å². The first-order valence-corrected chi connectivity index (χ1v) is 9.82. The minimum atomic E-state index is -3.45. The first kappa shape index (κ1) is 16.1. The number of rotatable bonds is 3. The largest absolute Gasteiger partial charge is 0.396 e. The van der Waals surface area contributed by atoms with Gasteiger partial charge in [0.05, 0.1) is 5.69 Å². The van der Waals surface area contributed by atoms with Crippen LogP contribution in [0.3, 0.4) is 0 Å². The molecule has 116 valence electrons. The molecule has 1 saturated carbocycles. The molecule has 0 radical (unpaired) electrons. The minimum Gasteiger partial charge on any atom is -0.396 e. The highest BCUT2D eigenvalue weighted by atomic mass is 32.2. The zero-order valence-electron chi connectivity index (χ0n) is 12.3. The van der Waals surface area contributed by atoms with Gasteiger partial charge >= 0.3 is 0 Å². The van der Waals surface area contributed by atoms with Gasteiger partial charge in [-0.25, -0.2) is 8.42 Å². The molecule has 7 heteroatoms. The van der Waals surface area contributed by atoms with Gasteiger partial charge in [0.2, 0.25) is 0 Å². The number of nitrogens with zero attached hydrogens (tertiary/aromatic N) is 1. The molecule has 0 aromatic carbocycles. The smallest absolute Gasteiger partial charge is 0.180 e. The predicted octanol–water partition coefficient (Wildman–Crippen LogP) is 2.99. The highest BCUT2D eigenvalue weighted by Gasteiger charge is 2.26. The molecule has 3 N–H and O–H groups in total. The number of anilines is 2. The molecule has 0 aliphatic heterocycles.